The fourth-order valence-corrected chi connectivity index (χ4v) is 3.61. The summed E-state index contributed by atoms with van der Waals surface area (Å²) >= 11 is 0. The van der Waals surface area contributed by atoms with Gasteiger partial charge in [-0.1, -0.05) is 52.0 Å². The molecule has 0 bridgehead atoms. The van der Waals surface area contributed by atoms with E-state index in [1.54, 1.807) is 20.8 Å². The Balaban J connectivity index is 3.50. The topological polar surface area (TPSA) is 114 Å². The van der Waals surface area contributed by atoms with Crippen LogP contribution in [0.4, 0.5) is 4.79 Å². The first-order valence-electron chi connectivity index (χ1n) is 12.5. The predicted molar refractivity (Wildman–Crippen MR) is 138 cm³/mol. The average molecular weight is 506 g/mol. The van der Waals surface area contributed by atoms with Gasteiger partial charge in [0.25, 0.3) is 0 Å². The van der Waals surface area contributed by atoms with Gasteiger partial charge in [-0.25, -0.2) is 4.79 Å². The van der Waals surface area contributed by atoms with Crippen LogP contribution in [0.25, 0.3) is 0 Å². The van der Waals surface area contributed by atoms with Crippen LogP contribution in [0, 0.1) is 5.92 Å². The zero-order chi connectivity index (χ0) is 27.6. The van der Waals surface area contributed by atoms with Crippen molar-refractivity contribution < 1.29 is 28.7 Å². The third-order valence-electron chi connectivity index (χ3n) is 5.79. The van der Waals surface area contributed by atoms with Crippen molar-refractivity contribution in [1.82, 2.24) is 15.5 Å². The van der Waals surface area contributed by atoms with Crippen LogP contribution in [0.15, 0.2) is 24.3 Å². The maximum Gasteiger partial charge on any atom is 0.408 e. The zero-order valence-corrected chi connectivity index (χ0v) is 23.1. The second-order valence-electron chi connectivity index (χ2n) is 10.2. The SMILES string of the molecule is CCc1ccc(C(C(=O)NCC(=O)OC)N(C(=O)C(NC(=O)OC(C)(C)C)C(C)C)C(C)CC)cc1. The molecule has 3 amide bonds. The molecular formula is C27H43N3O6. The van der Waals surface area contributed by atoms with Gasteiger partial charge in [-0.2, -0.15) is 0 Å². The molecule has 1 aromatic carbocycles. The first kappa shape index (κ1) is 30.9. The first-order chi connectivity index (χ1) is 16.7. The Morgan fingerprint density at radius 3 is 2.03 bits per heavy atom. The van der Waals surface area contributed by atoms with Crippen molar-refractivity contribution in [3.8, 4) is 0 Å². The number of methoxy groups -OCH3 is 1. The number of alkyl carbamates (subject to hydrolysis) is 1. The van der Waals surface area contributed by atoms with E-state index in [1.165, 1.54) is 12.0 Å². The van der Waals surface area contributed by atoms with E-state index in [9.17, 15) is 19.2 Å². The van der Waals surface area contributed by atoms with E-state index in [0.29, 0.717) is 12.0 Å². The van der Waals surface area contributed by atoms with Crippen molar-refractivity contribution in [2.24, 2.45) is 5.92 Å². The van der Waals surface area contributed by atoms with E-state index in [4.69, 9.17) is 4.74 Å². The zero-order valence-electron chi connectivity index (χ0n) is 23.1. The van der Waals surface area contributed by atoms with Crippen molar-refractivity contribution in [3.05, 3.63) is 35.4 Å². The van der Waals surface area contributed by atoms with Crippen LogP contribution in [0.3, 0.4) is 0 Å². The van der Waals surface area contributed by atoms with E-state index in [-0.39, 0.29) is 18.5 Å². The molecule has 0 aromatic heterocycles. The van der Waals surface area contributed by atoms with Crippen molar-refractivity contribution in [2.75, 3.05) is 13.7 Å². The highest BCUT2D eigenvalue weighted by Crippen LogP contribution is 2.27. The fraction of sp³-hybridized carbons (Fsp3) is 0.630. The van der Waals surface area contributed by atoms with Gasteiger partial charge in [-0.05, 0) is 57.6 Å². The van der Waals surface area contributed by atoms with E-state index >= 15 is 0 Å². The second-order valence-corrected chi connectivity index (χ2v) is 10.2. The molecule has 0 spiro atoms. The summed E-state index contributed by atoms with van der Waals surface area (Å²) in [7, 11) is 1.24. The normalized spacial score (nSPS) is 13.8. The number of hydrogen-bond donors (Lipinski definition) is 2. The number of esters is 1. The van der Waals surface area contributed by atoms with Gasteiger partial charge in [-0.15, -0.1) is 0 Å². The van der Waals surface area contributed by atoms with Gasteiger partial charge < -0.3 is 25.0 Å². The maximum absolute atomic E-state index is 14.0. The summed E-state index contributed by atoms with van der Waals surface area (Å²) in [5, 5.41) is 5.29. The van der Waals surface area contributed by atoms with Gasteiger partial charge in [0, 0.05) is 6.04 Å². The number of hydrogen-bond acceptors (Lipinski definition) is 6. The highest BCUT2D eigenvalue weighted by atomic mass is 16.6. The number of carbonyl (C=O) groups is 4. The van der Waals surface area contributed by atoms with Crippen LogP contribution in [-0.4, -0.2) is 60.1 Å². The molecule has 0 saturated carbocycles. The Hall–Kier alpha value is -3.10. The minimum Gasteiger partial charge on any atom is -0.468 e. The number of rotatable bonds is 11. The summed E-state index contributed by atoms with van der Waals surface area (Å²) in [5.41, 5.74) is 0.950. The molecular weight excluding hydrogens is 462 g/mol. The van der Waals surface area contributed by atoms with Crippen LogP contribution in [0.2, 0.25) is 0 Å². The maximum atomic E-state index is 14.0. The van der Waals surface area contributed by atoms with Crippen LogP contribution < -0.4 is 10.6 Å². The number of amides is 3. The summed E-state index contributed by atoms with van der Waals surface area (Å²) in [6.45, 7) is 14.3. The summed E-state index contributed by atoms with van der Waals surface area (Å²) in [6.07, 6.45) is 0.678. The smallest absolute Gasteiger partial charge is 0.408 e. The van der Waals surface area contributed by atoms with E-state index < -0.39 is 41.6 Å². The lowest BCUT2D eigenvalue weighted by Gasteiger charge is -2.39. The Morgan fingerprint density at radius 1 is 1.00 bits per heavy atom. The van der Waals surface area contributed by atoms with Gasteiger partial charge in [0.1, 0.15) is 24.2 Å². The molecule has 9 heteroatoms. The molecule has 1 rings (SSSR count). The molecule has 0 heterocycles. The highest BCUT2D eigenvalue weighted by Gasteiger charge is 2.39. The van der Waals surface area contributed by atoms with Crippen molar-refractivity contribution in [1.29, 1.82) is 0 Å². The third-order valence-corrected chi connectivity index (χ3v) is 5.79. The van der Waals surface area contributed by atoms with E-state index in [2.05, 4.69) is 15.4 Å². The van der Waals surface area contributed by atoms with Gasteiger partial charge in [0.15, 0.2) is 0 Å². The summed E-state index contributed by atoms with van der Waals surface area (Å²) < 4.78 is 10.0. The van der Waals surface area contributed by atoms with Crippen molar-refractivity contribution in [2.45, 2.75) is 92.0 Å². The Bertz CT molecular complexity index is 892. The number of aryl methyl sites for hydroxylation is 1. The Labute approximate surface area is 215 Å². The molecule has 0 saturated heterocycles. The minimum absolute atomic E-state index is 0.280. The van der Waals surface area contributed by atoms with Crippen molar-refractivity contribution >= 4 is 23.9 Å². The molecule has 36 heavy (non-hydrogen) atoms. The molecule has 0 fully saturated rings. The third kappa shape index (κ3) is 9.17. The average Bonchev–Trinajstić information content (AvgIpc) is 2.82. The molecule has 2 N–H and O–H groups in total. The van der Waals surface area contributed by atoms with E-state index in [1.807, 2.05) is 58.9 Å². The first-order valence-corrected chi connectivity index (χ1v) is 12.5. The lowest BCUT2D eigenvalue weighted by molar-refractivity contribution is -0.147. The number of carbonyl (C=O) groups excluding carboxylic acids is 4. The second kappa shape index (κ2) is 13.8. The molecule has 0 aliphatic rings. The summed E-state index contributed by atoms with van der Waals surface area (Å²) in [5.74, 6) is -1.81. The molecule has 0 aliphatic carbocycles. The largest absolute Gasteiger partial charge is 0.468 e. The summed E-state index contributed by atoms with van der Waals surface area (Å²) in [6, 6.07) is 5.15. The van der Waals surface area contributed by atoms with Crippen molar-refractivity contribution in [3.63, 3.8) is 0 Å². The van der Waals surface area contributed by atoms with Gasteiger partial charge >= 0.3 is 12.1 Å². The van der Waals surface area contributed by atoms with Crippen LogP contribution in [0.1, 0.15) is 79.0 Å². The molecule has 9 nitrogen and oxygen atoms in total. The molecule has 1 aromatic rings. The minimum atomic E-state index is -1.02. The lowest BCUT2D eigenvalue weighted by atomic mass is 9.96. The summed E-state index contributed by atoms with van der Waals surface area (Å²) in [4.78, 5) is 53.2. The highest BCUT2D eigenvalue weighted by molar-refractivity contribution is 5.93. The van der Waals surface area contributed by atoms with E-state index in [0.717, 1.165) is 12.0 Å². The van der Waals surface area contributed by atoms with Crippen LogP contribution in [0.5, 0.6) is 0 Å². The molecule has 3 unspecified atom stereocenters. The monoisotopic (exact) mass is 505 g/mol. The quantitative estimate of drug-likeness (QED) is 0.443. The number of benzene rings is 1. The predicted octanol–water partition coefficient (Wildman–Crippen LogP) is 3.76. The van der Waals surface area contributed by atoms with Crippen LogP contribution >= 0.6 is 0 Å². The molecule has 202 valence electrons. The number of ether oxygens (including phenoxy) is 2. The fourth-order valence-electron chi connectivity index (χ4n) is 3.61. The van der Waals surface area contributed by atoms with Gasteiger partial charge in [-0.3, -0.25) is 14.4 Å². The lowest BCUT2D eigenvalue weighted by Crippen LogP contribution is -2.57. The van der Waals surface area contributed by atoms with Crippen LogP contribution in [-0.2, 0) is 30.3 Å². The standard InChI is InChI=1S/C27H43N3O6/c1-10-18(5)30(25(33)22(17(3)4)29-26(34)36-27(6,7)8)23(24(32)28-16-21(31)35-9)20-14-12-19(11-2)13-15-20/h12-15,17-18,22-23H,10-11,16H2,1-9H3,(H,28,32)(H,29,34). The Kier molecular flexibility index (Phi) is 11.9. The van der Waals surface area contributed by atoms with Gasteiger partial charge in [0.2, 0.25) is 11.8 Å². The molecule has 0 aliphatic heterocycles. The van der Waals surface area contributed by atoms with Gasteiger partial charge in [0.05, 0.1) is 7.11 Å². The molecule has 0 radical (unpaired) electrons. The number of nitrogens with zero attached hydrogens (tertiary/aromatic N) is 1. The Morgan fingerprint density at radius 2 is 1.58 bits per heavy atom. The number of nitrogens with one attached hydrogen (secondary N) is 2. The molecule has 3 atom stereocenters.